The number of nitrogens with one attached hydrogen (secondary N) is 1. The second-order valence-electron chi connectivity index (χ2n) is 4.65. The Morgan fingerprint density at radius 3 is 2.57 bits per heavy atom. The van der Waals surface area contributed by atoms with Crippen LogP contribution in [0.5, 0.6) is 5.75 Å². The van der Waals surface area contributed by atoms with Crippen molar-refractivity contribution in [1.29, 1.82) is 0 Å². The minimum atomic E-state index is -0.517. The van der Waals surface area contributed by atoms with Gasteiger partial charge in [-0.15, -0.1) is 0 Å². The zero-order chi connectivity index (χ0) is 16.2. The number of hydrogen-bond donors (Lipinski definition) is 1. The summed E-state index contributed by atoms with van der Waals surface area (Å²) < 4.78 is 10.6. The first kappa shape index (κ1) is 15.6. The third-order valence-electron chi connectivity index (χ3n) is 3.15. The number of esters is 1. The van der Waals surface area contributed by atoms with Crippen LogP contribution in [0.1, 0.15) is 10.5 Å². The van der Waals surface area contributed by atoms with Crippen molar-refractivity contribution >= 4 is 40.1 Å². The molecule has 0 aliphatic heterocycles. The molecule has 0 aliphatic rings. The Labute approximate surface area is 142 Å². The second-order valence-corrected chi connectivity index (χ2v) is 5.47. The molecule has 0 saturated carbocycles. The minimum Gasteiger partial charge on any atom is -0.487 e. The van der Waals surface area contributed by atoms with Crippen LogP contribution in [0.2, 0.25) is 10.0 Å². The summed E-state index contributed by atoms with van der Waals surface area (Å²) in [5.74, 6) is -0.145. The molecule has 0 atom stereocenters. The molecule has 7 heteroatoms. The molecule has 3 rings (SSSR count). The molecule has 118 valence electrons. The molecule has 1 heterocycles. The molecule has 1 aromatic heterocycles. The van der Waals surface area contributed by atoms with Gasteiger partial charge >= 0.3 is 5.97 Å². The first-order chi connectivity index (χ1) is 11.2. The highest BCUT2D eigenvalue weighted by Gasteiger charge is 2.15. The largest absolute Gasteiger partial charge is 0.487 e. The van der Waals surface area contributed by atoms with Crippen molar-refractivity contribution in [3.63, 3.8) is 0 Å². The zero-order valence-electron chi connectivity index (χ0n) is 11.9. The lowest BCUT2D eigenvalue weighted by Gasteiger charge is -2.09. The van der Waals surface area contributed by atoms with Gasteiger partial charge in [0.05, 0.1) is 15.6 Å². The molecule has 3 aromatic rings. The van der Waals surface area contributed by atoms with Crippen molar-refractivity contribution in [3.8, 4) is 5.75 Å². The molecule has 1 N–H and O–H groups in total. The molecule has 23 heavy (non-hydrogen) atoms. The fourth-order valence-electron chi connectivity index (χ4n) is 2.09. The van der Waals surface area contributed by atoms with Crippen LogP contribution in [0.25, 0.3) is 10.9 Å². The van der Waals surface area contributed by atoms with E-state index in [0.29, 0.717) is 21.2 Å². The fourth-order valence-corrected chi connectivity index (χ4v) is 2.59. The predicted molar refractivity (Wildman–Crippen MR) is 88.3 cm³/mol. The minimum absolute atomic E-state index is 0.0571. The van der Waals surface area contributed by atoms with Crippen LogP contribution in [0.4, 0.5) is 0 Å². The smallest absolute Gasteiger partial charge is 0.359 e. The lowest BCUT2D eigenvalue weighted by molar-refractivity contribution is 0.0446. The number of carbonyl (C=O) groups is 1. The normalized spacial score (nSPS) is 10.7. The van der Waals surface area contributed by atoms with Gasteiger partial charge in [-0.25, -0.2) is 4.79 Å². The third-order valence-corrected chi connectivity index (χ3v) is 3.74. The summed E-state index contributed by atoms with van der Waals surface area (Å²) in [4.78, 5) is 12.1. The summed E-state index contributed by atoms with van der Waals surface area (Å²) in [7, 11) is 0. The van der Waals surface area contributed by atoms with Gasteiger partial charge in [-0.1, -0.05) is 47.5 Å². The Bertz CT molecular complexity index is 828. The topological polar surface area (TPSA) is 64.2 Å². The maximum Gasteiger partial charge on any atom is 0.359 e. The third kappa shape index (κ3) is 3.41. The van der Waals surface area contributed by atoms with Gasteiger partial charge in [-0.05, 0) is 18.2 Å². The van der Waals surface area contributed by atoms with Crippen LogP contribution in [0, 0.1) is 0 Å². The number of nitrogens with zero attached hydrogens (tertiary/aromatic N) is 1. The lowest BCUT2D eigenvalue weighted by atomic mass is 10.2. The summed E-state index contributed by atoms with van der Waals surface area (Å²) in [6, 6.07) is 12.4. The number of ether oxygens (including phenoxy) is 2. The van der Waals surface area contributed by atoms with Crippen LogP contribution in [-0.4, -0.2) is 29.4 Å². The highest BCUT2D eigenvalue weighted by molar-refractivity contribution is 6.37. The van der Waals surface area contributed by atoms with Crippen molar-refractivity contribution in [2.75, 3.05) is 13.2 Å². The van der Waals surface area contributed by atoms with Crippen molar-refractivity contribution in [2.24, 2.45) is 0 Å². The van der Waals surface area contributed by atoms with Crippen LogP contribution in [0.3, 0.4) is 0 Å². The summed E-state index contributed by atoms with van der Waals surface area (Å²) in [6.45, 7) is 0.194. The molecule has 0 fully saturated rings. The van der Waals surface area contributed by atoms with Gasteiger partial charge in [-0.3, -0.25) is 5.10 Å². The van der Waals surface area contributed by atoms with Crippen LogP contribution < -0.4 is 4.74 Å². The predicted octanol–water partition coefficient (Wildman–Crippen LogP) is 4.11. The van der Waals surface area contributed by atoms with Crippen molar-refractivity contribution in [3.05, 3.63) is 58.2 Å². The zero-order valence-corrected chi connectivity index (χ0v) is 13.4. The summed E-state index contributed by atoms with van der Waals surface area (Å²) in [6.07, 6.45) is 0. The highest BCUT2D eigenvalue weighted by atomic mass is 35.5. The molecule has 0 unspecified atom stereocenters. The van der Waals surface area contributed by atoms with Gasteiger partial charge < -0.3 is 9.47 Å². The molecular weight excluding hydrogens is 339 g/mol. The molecule has 0 aliphatic carbocycles. The Kier molecular flexibility index (Phi) is 4.69. The standard InChI is InChI=1S/C16H12Cl2N2O3/c17-11-5-3-6-12(18)15(11)22-8-9-23-16(21)14-10-4-1-2-7-13(10)19-20-14/h1-7H,8-9H2,(H,19,20). The molecule has 0 spiro atoms. The SMILES string of the molecule is O=C(OCCOc1c(Cl)cccc1Cl)c1n[nH]c2ccccc12. The van der Waals surface area contributed by atoms with Gasteiger partial charge in [0, 0.05) is 5.39 Å². The average Bonchev–Trinajstić information content (AvgIpc) is 2.97. The molecule has 2 aromatic carbocycles. The van der Waals surface area contributed by atoms with E-state index in [4.69, 9.17) is 32.7 Å². The van der Waals surface area contributed by atoms with E-state index in [1.807, 2.05) is 18.2 Å². The first-order valence-electron chi connectivity index (χ1n) is 6.84. The highest BCUT2D eigenvalue weighted by Crippen LogP contribution is 2.32. The number of aromatic amines is 1. The van der Waals surface area contributed by atoms with E-state index in [2.05, 4.69) is 10.2 Å². The van der Waals surface area contributed by atoms with Crippen molar-refractivity contribution in [2.45, 2.75) is 0 Å². The number of halogens is 2. The van der Waals surface area contributed by atoms with Gasteiger partial charge in [0.1, 0.15) is 13.2 Å². The number of para-hydroxylation sites is 2. The number of aromatic nitrogens is 2. The van der Waals surface area contributed by atoms with E-state index in [-0.39, 0.29) is 18.9 Å². The van der Waals surface area contributed by atoms with Gasteiger partial charge in [0.25, 0.3) is 0 Å². The van der Waals surface area contributed by atoms with E-state index in [0.717, 1.165) is 5.52 Å². The van der Waals surface area contributed by atoms with E-state index < -0.39 is 5.97 Å². The summed E-state index contributed by atoms with van der Waals surface area (Å²) in [5.41, 5.74) is 1.02. The number of H-pyrrole nitrogens is 1. The Balaban J connectivity index is 1.58. The average molecular weight is 351 g/mol. The van der Waals surface area contributed by atoms with Crippen LogP contribution in [-0.2, 0) is 4.74 Å². The molecule has 0 radical (unpaired) electrons. The quantitative estimate of drug-likeness (QED) is 0.555. The van der Waals surface area contributed by atoms with Gasteiger partial charge in [0.15, 0.2) is 11.4 Å². The van der Waals surface area contributed by atoms with E-state index in [1.165, 1.54) is 0 Å². The van der Waals surface area contributed by atoms with E-state index >= 15 is 0 Å². The maximum atomic E-state index is 12.1. The molecule has 0 saturated heterocycles. The first-order valence-corrected chi connectivity index (χ1v) is 7.59. The summed E-state index contributed by atoms with van der Waals surface area (Å²) >= 11 is 12.0. The van der Waals surface area contributed by atoms with Gasteiger partial charge in [0.2, 0.25) is 0 Å². The Morgan fingerprint density at radius 1 is 1.04 bits per heavy atom. The lowest BCUT2D eigenvalue weighted by Crippen LogP contribution is -2.13. The maximum absolute atomic E-state index is 12.1. The van der Waals surface area contributed by atoms with Crippen molar-refractivity contribution in [1.82, 2.24) is 10.2 Å². The fraction of sp³-hybridized carbons (Fsp3) is 0.125. The number of rotatable bonds is 5. The van der Waals surface area contributed by atoms with Crippen molar-refractivity contribution < 1.29 is 14.3 Å². The van der Waals surface area contributed by atoms with Crippen LogP contribution >= 0.6 is 23.2 Å². The number of carbonyl (C=O) groups excluding carboxylic acids is 1. The molecule has 0 bridgehead atoms. The van der Waals surface area contributed by atoms with Crippen LogP contribution in [0.15, 0.2) is 42.5 Å². The van der Waals surface area contributed by atoms with Gasteiger partial charge in [-0.2, -0.15) is 5.10 Å². The Morgan fingerprint density at radius 2 is 1.78 bits per heavy atom. The molecular formula is C16H12Cl2N2O3. The monoisotopic (exact) mass is 350 g/mol. The number of hydrogen-bond acceptors (Lipinski definition) is 4. The molecule has 0 amide bonds. The summed E-state index contributed by atoms with van der Waals surface area (Å²) in [5, 5.41) is 8.29. The van der Waals surface area contributed by atoms with E-state index in [1.54, 1.807) is 24.3 Å². The Hall–Kier alpha value is -2.24. The number of benzene rings is 2. The van der Waals surface area contributed by atoms with E-state index in [9.17, 15) is 4.79 Å². The number of fused-ring (bicyclic) bond motifs is 1. The molecule has 5 nitrogen and oxygen atoms in total. The second kappa shape index (κ2) is 6.89.